The third kappa shape index (κ3) is 2.75. The first-order valence-electron chi connectivity index (χ1n) is 8.74. The number of hydrogen-bond donors (Lipinski definition) is 1. The van der Waals surface area contributed by atoms with Gasteiger partial charge in [-0.25, -0.2) is 0 Å². The summed E-state index contributed by atoms with van der Waals surface area (Å²) in [4.78, 5) is 30.8. The Morgan fingerprint density at radius 2 is 2.04 bits per heavy atom. The lowest BCUT2D eigenvalue weighted by Crippen LogP contribution is -2.34. The van der Waals surface area contributed by atoms with Gasteiger partial charge in [0.25, 0.3) is 5.91 Å². The molecule has 0 aliphatic carbocycles. The number of likely N-dealkylation sites (tertiary alicyclic amines) is 1. The first-order chi connectivity index (χ1) is 12.7. The second kappa shape index (κ2) is 6.67. The molecule has 5 heteroatoms. The Labute approximate surface area is 151 Å². The number of carbonyl (C=O) groups excluding carboxylic acids is 1. The van der Waals surface area contributed by atoms with Crippen molar-refractivity contribution in [2.75, 3.05) is 13.7 Å². The Bertz CT molecular complexity index is 1020. The van der Waals surface area contributed by atoms with E-state index in [4.69, 9.17) is 4.74 Å². The van der Waals surface area contributed by atoms with Crippen molar-refractivity contribution in [1.29, 1.82) is 0 Å². The Morgan fingerprint density at radius 1 is 1.19 bits per heavy atom. The van der Waals surface area contributed by atoms with Crippen LogP contribution >= 0.6 is 0 Å². The number of amides is 1. The maximum Gasteiger partial charge on any atom is 0.259 e. The van der Waals surface area contributed by atoms with Gasteiger partial charge >= 0.3 is 0 Å². The number of pyridine rings is 1. The van der Waals surface area contributed by atoms with E-state index in [9.17, 15) is 9.59 Å². The van der Waals surface area contributed by atoms with Crippen molar-refractivity contribution in [2.24, 2.45) is 0 Å². The SMILES string of the molecule is COc1cccc([C@@H]2CCCN2C(=O)c2c[nH]c3ccccc3c2=O)c1. The van der Waals surface area contributed by atoms with Crippen molar-refractivity contribution in [3.8, 4) is 5.75 Å². The number of aromatic nitrogens is 1. The number of para-hydroxylation sites is 1. The molecule has 3 aromatic rings. The average molecular weight is 348 g/mol. The molecule has 1 aliphatic rings. The molecule has 0 spiro atoms. The number of benzene rings is 2. The van der Waals surface area contributed by atoms with Crippen LogP contribution in [0.1, 0.15) is 34.8 Å². The van der Waals surface area contributed by atoms with Crippen LogP contribution in [0, 0.1) is 0 Å². The molecule has 0 saturated carbocycles. The van der Waals surface area contributed by atoms with Crippen molar-refractivity contribution in [3.63, 3.8) is 0 Å². The van der Waals surface area contributed by atoms with Gasteiger partial charge in [-0.3, -0.25) is 9.59 Å². The van der Waals surface area contributed by atoms with Gasteiger partial charge in [-0.2, -0.15) is 0 Å². The molecule has 1 aromatic heterocycles. The summed E-state index contributed by atoms with van der Waals surface area (Å²) in [6.07, 6.45) is 3.33. The number of rotatable bonds is 3. The van der Waals surface area contributed by atoms with Crippen LogP contribution in [0.4, 0.5) is 0 Å². The van der Waals surface area contributed by atoms with Crippen molar-refractivity contribution in [1.82, 2.24) is 9.88 Å². The number of H-pyrrole nitrogens is 1. The fourth-order valence-corrected chi connectivity index (χ4v) is 3.69. The van der Waals surface area contributed by atoms with Crippen LogP contribution in [-0.2, 0) is 0 Å². The predicted octanol–water partition coefficient (Wildman–Crippen LogP) is 3.51. The second-order valence-electron chi connectivity index (χ2n) is 6.51. The lowest BCUT2D eigenvalue weighted by Gasteiger charge is -2.25. The number of methoxy groups -OCH3 is 1. The van der Waals surface area contributed by atoms with Crippen LogP contribution in [0.15, 0.2) is 59.5 Å². The third-order valence-corrected chi connectivity index (χ3v) is 5.01. The standard InChI is InChI=1S/C21H20N2O3/c1-26-15-7-4-6-14(12-15)19-10-5-11-23(19)21(25)17-13-22-18-9-3-2-8-16(18)20(17)24/h2-4,6-9,12-13,19H,5,10-11H2,1H3,(H,22,24)/t19-/m0/s1. The van der Waals surface area contributed by atoms with Crippen molar-refractivity contribution >= 4 is 16.8 Å². The highest BCUT2D eigenvalue weighted by atomic mass is 16.5. The molecule has 1 aliphatic heterocycles. The van der Waals surface area contributed by atoms with Gasteiger partial charge in [0.15, 0.2) is 0 Å². The first-order valence-corrected chi connectivity index (χ1v) is 8.74. The summed E-state index contributed by atoms with van der Waals surface area (Å²) >= 11 is 0. The molecule has 2 aromatic carbocycles. The fourth-order valence-electron chi connectivity index (χ4n) is 3.69. The van der Waals surface area contributed by atoms with Gasteiger partial charge < -0.3 is 14.6 Å². The molecule has 1 saturated heterocycles. The summed E-state index contributed by atoms with van der Waals surface area (Å²) in [7, 11) is 1.63. The molecule has 132 valence electrons. The van der Waals surface area contributed by atoms with Gasteiger partial charge in [-0.05, 0) is 42.7 Å². The molecule has 0 radical (unpaired) electrons. The molecule has 2 heterocycles. The van der Waals surface area contributed by atoms with E-state index < -0.39 is 0 Å². The molecular weight excluding hydrogens is 328 g/mol. The second-order valence-corrected chi connectivity index (χ2v) is 6.51. The summed E-state index contributed by atoms with van der Waals surface area (Å²) in [6.45, 7) is 0.646. The summed E-state index contributed by atoms with van der Waals surface area (Å²) in [5, 5.41) is 0.537. The smallest absolute Gasteiger partial charge is 0.259 e. The van der Waals surface area contributed by atoms with E-state index in [-0.39, 0.29) is 22.9 Å². The number of fused-ring (bicyclic) bond motifs is 1. The molecular formula is C21H20N2O3. The van der Waals surface area contributed by atoms with Gasteiger partial charge in [-0.1, -0.05) is 24.3 Å². The van der Waals surface area contributed by atoms with E-state index in [1.807, 2.05) is 36.4 Å². The Hall–Kier alpha value is -3.08. The van der Waals surface area contributed by atoms with Crippen molar-refractivity contribution in [3.05, 3.63) is 76.1 Å². The molecule has 1 amide bonds. The van der Waals surface area contributed by atoms with Gasteiger partial charge in [0.2, 0.25) is 5.43 Å². The van der Waals surface area contributed by atoms with E-state index >= 15 is 0 Å². The highest BCUT2D eigenvalue weighted by Gasteiger charge is 2.32. The third-order valence-electron chi connectivity index (χ3n) is 5.01. The normalized spacial score (nSPS) is 16.8. The number of aromatic amines is 1. The largest absolute Gasteiger partial charge is 0.497 e. The van der Waals surface area contributed by atoms with E-state index in [1.54, 1.807) is 24.1 Å². The summed E-state index contributed by atoms with van der Waals surface area (Å²) in [5.74, 6) is 0.549. The lowest BCUT2D eigenvalue weighted by atomic mass is 10.0. The molecule has 0 unspecified atom stereocenters. The zero-order chi connectivity index (χ0) is 18.1. The topological polar surface area (TPSA) is 62.4 Å². The summed E-state index contributed by atoms with van der Waals surface area (Å²) in [6, 6.07) is 15.0. The molecule has 1 N–H and O–H groups in total. The number of ether oxygens (including phenoxy) is 1. The van der Waals surface area contributed by atoms with Crippen LogP contribution in [0.3, 0.4) is 0 Å². The zero-order valence-corrected chi connectivity index (χ0v) is 14.6. The van der Waals surface area contributed by atoms with Crippen LogP contribution < -0.4 is 10.2 Å². The minimum atomic E-state index is -0.222. The summed E-state index contributed by atoms with van der Waals surface area (Å²) in [5.41, 5.74) is 1.74. The number of nitrogens with zero attached hydrogens (tertiary/aromatic N) is 1. The van der Waals surface area contributed by atoms with E-state index in [2.05, 4.69) is 4.98 Å². The van der Waals surface area contributed by atoms with Gasteiger partial charge in [0.1, 0.15) is 11.3 Å². The van der Waals surface area contributed by atoms with Gasteiger partial charge in [0.05, 0.1) is 13.2 Å². The molecule has 5 nitrogen and oxygen atoms in total. The zero-order valence-electron chi connectivity index (χ0n) is 14.6. The van der Waals surface area contributed by atoms with Gasteiger partial charge in [-0.15, -0.1) is 0 Å². The molecule has 26 heavy (non-hydrogen) atoms. The number of carbonyl (C=O) groups is 1. The average Bonchev–Trinajstić information content (AvgIpc) is 3.18. The van der Waals surface area contributed by atoms with E-state index in [0.29, 0.717) is 11.9 Å². The van der Waals surface area contributed by atoms with Crippen molar-refractivity contribution < 1.29 is 9.53 Å². The Morgan fingerprint density at radius 3 is 2.88 bits per heavy atom. The van der Waals surface area contributed by atoms with E-state index in [0.717, 1.165) is 29.7 Å². The molecule has 1 fully saturated rings. The maximum absolute atomic E-state index is 13.1. The highest BCUT2D eigenvalue weighted by molar-refractivity contribution is 5.97. The van der Waals surface area contributed by atoms with Crippen LogP contribution in [-0.4, -0.2) is 29.4 Å². The molecule has 1 atom stereocenters. The van der Waals surface area contributed by atoms with Crippen LogP contribution in [0.2, 0.25) is 0 Å². The molecule has 0 bridgehead atoms. The quantitative estimate of drug-likeness (QED) is 0.788. The predicted molar refractivity (Wildman–Crippen MR) is 101 cm³/mol. The summed E-state index contributed by atoms with van der Waals surface area (Å²) < 4.78 is 5.30. The highest BCUT2D eigenvalue weighted by Crippen LogP contribution is 2.34. The minimum Gasteiger partial charge on any atom is -0.497 e. The fraction of sp³-hybridized carbons (Fsp3) is 0.238. The number of nitrogens with one attached hydrogen (secondary N) is 1. The van der Waals surface area contributed by atoms with Crippen molar-refractivity contribution in [2.45, 2.75) is 18.9 Å². The maximum atomic E-state index is 13.1. The number of hydrogen-bond acceptors (Lipinski definition) is 3. The lowest BCUT2D eigenvalue weighted by molar-refractivity contribution is 0.0734. The van der Waals surface area contributed by atoms with Gasteiger partial charge in [0, 0.05) is 23.6 Å². The first kappa shape index (κ1) is 16.4. The van der Waals surface area contributed by atoms with Crippen LogP contribution in [0.25, 0.3) is 10.9 Å². The van der Waals surface area contributed by atoms with E-state index in [1.165, 1.54) is 6.20 Å². The Balaban J connectivity index is 1.71. The molecule has 4 rings (SSSR count). The Kier molecular flexibility index (Phi) is 4.21. The minimum absolute atomic E-state index is 0.0385. The van der Waals surface area contributed by atoms with Crippen LogP contribution in [0.5, 0.6) is 5.75 Å². The monoisotopic (exact) mass is 348 g/mol.